The highest BCUT2D eigenvalue weighted by Crippen LogP contribution is 2.29. The number of benzene rings is 2. The van der Waals surface area contributed by atoms with E-state index in [4.69, 9.17) is 0 Å². The first-order chi connectivity index (χ1) is 16.5. The van der Waals surface area contributed by atoms with Crippen LogP contribution in [0.15, 0.2) is 54.7 Å². The number of carbonyl (C=O) groups excluding carboxylic acids is 1. The summed E-state index contributed by atoms with van der Waals surface area (Å²) in [6.07, 6.45) is -2.87. The number of rotatable bonds is 8. The Morgan fingerprint density at radius 2 is 1.63 bits per heavy atom. The minimum absolute atomic E-state index is 0.170. The fraction of sp³-hybridized carbons (Fsp3) is 0.280. The summed E-state index contributed by atoms with van der Waals surface area (Å²) in [5.41, 5.74) is 0.648. The average Bonchev–Trinajstić information content (AvgIpc) is 2.82. The monoisotopic (exact) mass is 495 g/mol. The number of hydrogen-bond acceptors (Lipinski definition) is 3. The summed E-state index contributed by atoms with van der Waals surface area (Å²) in [5, 5.41) is 5.59. The summed E-state index contributed by atoms with van der Waals surface area (Å²) < 4.78 is 79.6. The van der Waals surface area contributed by atoms with Crippen molar-refractivity contribution in [2.75, 3.05) is 7.05 Å². The second kappa shape index (κ2) is 10.9. The van der Waals surface area contributed by atoms with Crippen LogP contribution in [0.25, 0.3) is 0 Å². The van der Waals surface area contributed by atoms with Gasteiger partial charge in [-0.2, -0.15) is 13.2 Å². The van der Waals surface area contributed by atoms with Crippen LogP contribution in [0.5, 0.6) is 0 Å². The molecule has 1 amide bonds. The third-order valence-corrected chi connectivity index (χ3v) is 5.57. The molecule has 0 aliphatic heterocycles. The van der Waals surface area contributed by atoms with Crippen molar-refractivity contribution in [3.05, 3.63) is 100 Å². The van der Waals surface area contributed by atoms with Crippen LogP contribution in [0.3, 0.4) is 0 Å². The Balaban J connectivity index is 1.91. The summed E-state index contributed by atoms with van der Waals surface area (Å²) in [5.74, 6) is -3.13. The second-order valence-corrected chi connectivity index (χ2v) is 8.04. The SMILES string of the molecule is CNC(=O)[C@H](NC(CCc1ccc(C(F)(F)F)nc1)c1ccc(F)c(C)c1)c1ccc(F)c(F)c1. The maximum Gasteiger partial charge on any atom is 0.433 e. The Morgan fingerprint density at radius 3 is 2.20 bits per heavy atom. The van der Waals surface area contributed by atoms with Crippen molar-refractivity contribution in [3.63, 3.8) is 0 Å². The molecule has 3 rings (SSSR count). The molecule has 0 saturated carbocycles. The van der Waals surface area contributed by atoms with E-state index in [2.05, 4.69) is 15.6 Å². The molecule has 1 unspecified atom stereocenters. The second-order valence-electron chi connectivity index (χ2n) is 8.04. The molecule has 35 heavy (non-hydrogen) atoms. The van der Waals surface area contributed by atoms with Gasteiger partial charge < -0.3 is 5.32 Å². The third-order valence-electron chi connectivity index (χ3n) is 5.57. The van der Waals surface area contributed by atoms with E-state index < -0.39 is 47.3 Å². The molecule has 0 fully saturated rings. The van der Waals surface area contributed by atoms with E-state index in [1.165, 1.54) is 31.3 Å². The molecular weight excluding hydrogens is 472 g/mol. The van der Waals surface area contributed by atoms with Crippen molar-refractivity contribution in [1.29, 1.82) is 0 Å². The minimum Gasteiger partial charge on any atom is -0.358 e. The number of halogens is 6. The Kier molecular flexibility index (Phi) is 8.16. The van der Waals surface area contributed by atoms with E-state index >= 15 is 0 Å². The maximum atomic E-state index is 13.9. The van der Waals surface area contributed by atoms with Gasteiger partial charge in [-0.3, -0.25) is 15.1 Å². The van der Waals surface area contributed by atoms with Gasteiger partial charge in [-0.1, -0.05) is 24.3 Å². The Hall–Kier alpha value is -3.40. The lowest BCUT2D eigenvalue weighted by Crippen LogP contribution is -2.38. The molecule has 0 bridgehead atoms. The minimum atomic E-state index is -4.56. The lowest BCUT2D eigenvalue weighted by molar-refractivity contribution is -0.141. The zero-order chi connectivity index (χ0) is 25.8. The smallest absolute Gasteiger partial charge is 0.358 e. The number of aryl methyl sites for hydroxylation is 2. The molecule has 186 valence electrons. The lowest BCUT2D eigenvalue weighted by Gasteiger charge is -2.26. The molecule has 2 N–H and O–H groups in total. The molecule has 0 spiro atoms. The number of pyridine rings is 1. The summed E-state index contributed by atoms with van der Waals surface area (Å²) >= 11 is 0. The number of amides is 1. The third kappa shape index (κ3) is 6.60. The number of hydrogen-bond donors (Lipinski definition) is 2. The van der Waals surface area contributed by atoms with Crippen LogP contribution in [-0.4, -0.2) is 17.9 Å². The lowest BCUT2D eigenvalue weighted by atomic mass is 9.95. The van der Waals surface area contributed by atoms with E-state index in [-0.39, 0.29) is 18.4 Å². The first-order valence-electron chi connectivity index (χ1n) is 10.7. The molecule has 10 heteroatoms. The molecule has 2 atom stereocenters. The highest BCUT2D eigenvalue weighted by atomic mass is 19.4. The van der Waals surface area contributed by atoms with Crippen molar-refractivity contribution in [1.82, 2.24) is 15.6 Å². The van der Waals surface area contributed by atoms with E-state index in [1.54, 1.807) is 13.0 Å². The zero-order valence-electron chi connectivity index (χ0n) is 18.9. The molecule has 0 saturated heterocycles. The largest absolute Gasteiger partial charge is 0.433 e. The number of alkyl halides is 3. The van der Waals surface area contributed by atoms with Crippen LogP contribution in [0.4, 0.5) is 26.3 Å². The first-order valence-corrected chi connectivity index (χ1v) is 10.7. The van der Waals surface area contributed by atoms with Crippen molar-refractivity contribution in [3.8, 4) is 0 Å². The fourth-order valence-corrected chi connectivity index (χ4v) is 3.64. The number of nitrogens with zero attached hydrogens (tertiary/aromatic N) is 1. The standard InChI is InChI=1S/C25H23F6N3O/c1-14-11-16(5-7-18(14)26)21(9-3-15-4-10-22(33-13-15)25(29,30)31)34-23(24(35)32-2)17-6-8-19(27)20(28)12-17/h4-8,10-13,21,23,34H,3,9H2,1-2H3,(H,32,35)/t21?,23-/m1/s1. The molecular formula is C25H23F6N3O. The van der Waals surface area contributed by atoms with Gasteiger partial charge in [0, 0.05) is 19.3 Å². The van der Waals surface area contributed by atoms with E-state index in [9.17, 15) is 31.1 Å². The summed E-state index contributed by atoms with van der Waals surface area (Å²) in [6, 6.07) is 8.00. The predicted molar refractivity (Wildman–Crippen MR) is 118 cm³/mol. The Labute approximate surface area is 198 Å². The molecule has 0 aliphatic carbocycles. The maximum absolute atomic E-state index is 13.9. The molecule has 1 aromatic heterocycles. The van der Waals surface area contributed by atoms with Gasteiger partial charge >= 0.3 is 6.18 Å². The average molecular weight is 495 g/mol. The number of carbonyl (C=O) groups is 1. The van der Waals surface area contributed by atoms with Crippen molar-refractivity contribution >= 4 is 5.91 Å². The molecule has 3 aromatic rings. The van der Waals surface area contributed by atoms with Crippen LogP contribution >= 0.6 is 0 Å². The zero-order valence-corrected chi connectivity index (χ0v) is 18.9. The quantitative estimate of drug-likeness (QED) is 0.402. The number of aromatic nitrogens is 1. The molecule has 4 nitrogen and oxygen atoms in total. The number of nitrogens with one attached hydrogen (secondary N) is 2. The van der Waals surface area contributed by atoms with Gasteiger partial charge in [0.1, 0.15) is 17.6 Å². The summed E-state index contributed by atoms with van der Waals surface area (Å²) in [6.45, 7) is 1.57. The van der Waals surface area contributed by atoms with Crippen LogP contribution in [-0.2, 0) is 17.4 Å². The van der Waals surface area contributed by atoms with Gasteiger partial charge in [0.25, 0.3) is 0 Å². The van der Waals surface area contributed by atoms with Crippen molar-refractivity contribution in [2.24, 2.45) is 0 Å². The van der Waals surface area contributed by atoms with Crippen LogP contribution in [0.2, 0.25) is 0 Å². The van der Waals surface area contributed by atoms with Gasteiger partial charge in [-0.25, -0.2) is 13.2 Å². The Bertz CT molecular complexity index is 1180. The molecule has 0 aliphatic rings. The van der Waals surface area contributed by atoms with E-state index in [0.717, 1.165) is 24.4 Å². The predicted octanol–water partition coefficient (Wildman–Crippen LogP) is 5.58. The van der Waals surface area contributed by atoms with E-state index in [1.807, 2.05) is 0 Å². The highest BCUT2D eigenvalue weighted by molar-refractivity contribution is 5.83. The van der Waals surface area contributed by atoms with Gasteiger partial charge in [0.05, 0.1) is 0 Å². The fourth-order valence-electron chi connectivity index (χ4n) is 3.64. The van der Waals surface area contributed by atoms with Crippen molar-refractivity contribution in [2.45, 2.75) is 38.0 Å². The molecule has 1 heterocycles. The first kappa shape index (κ1) is 26.2. The van der Waals surface area contributed by atoms with Crippen LogP contribution < -0.4 is 10.6 Å². The summed E-state index contributed by atoms with van der Waals surface area (Å²) in [4.78, 5) is 16.1. The summed E-state index contributed by atoms with van der Waals surface area (Å²) in [7, 11) is 1.39. The van der Waals surface area contributed by atoms with Crippen LogP contribution in [0, 0.1) is 24.4 Å². The Morgan fingerprint density at radius 1 is 0.943 bits per heavy atom. The van der Waals surface area contributed by atoms with E-state index in [0.29, 0.717) is 16.7 Å². The van der Waals surface area contributed by atoms with Crippen LogP contribution in [0.1, 0.15) is 46.5 Å². The van der Waals surface area contributed by atoms with Gasteiger partial charge in [0.2, 0.25) is 5.91 Å². The van der Waals surface area contributed by atoms with Gasteiger partial charge in [0.15, 0.2) is 11.6 Å². The van der Waals surface area contributed by atoms with Gasteiger partial charge in [-0.15, -0.1) is 0 Å². The highest BCUT2D eigenvalue weighted by Gasteiger charge is 2.32. The van der Waals surface area contributed by atoms with Crippen molar-refractivity contribution < 1.29 is 31.1 Å². The topological polar surface area (TPSA) is 54.0 Å². The normalized spacial score (nSPS) is 13.4. The molecule has 2 aromatic carbocycles. The number of likely N-dealkylation sites (N-methyl/N-ethyl adjacent to an activating group) is 1. The molecule has 0 radical (unpaired) electrons. The van der Waals surface area contributed by atoms with Gasteiger partial charge in [-0.05, 0) is 66.3 Å².